The number of halogens is 2. The number of fused-ring (bicyclic) bond motifs is 1. The van der Waals surface area contributed by atoms with Crippen LogP contribution >= 0.6 is 27.5 Å². The molecule has 0 spiro atoms. The summed E-state index contributed by atoms with van der Waals surface area (Å²) in [5, 5.41) is 9.96. The predicted octanol–water partition coefficient (Wildman–Crippen LogP) is 2.53. The molecular formula is C8H6BrClO2. The molecule has 0 saturated carbocycles. The lowest BCUT2D eigenvalue weighted by atomic mass is 10.1. The maximum absolute atomic E-state index is 9.43. The highest BCUT2D eigenvalue weighted by molar-refractivity contribution is 9.10. The molecule has 1 N–H and O–H groups in total. The summed E-state index contributed by atoms with van der Waals surface area (Å²) in [5.74, 6) is 0.604. The second kappa shape index (κ2) is 2.91. The lowest BCUT2D eigenvalue weighted by Gasteiger charge is -2.02. The van der Waals surface area contributed by atoms with Gasteiger partial charge in [-0.3, -0.25) is 0 Å². The molecule has 4 heteroatoms. The number of hydrogen-bond acceptors (Lipinski definition) is 2. The van der Waals surface area contributed by atoms with Gasteiger partial charge in [-0.25, -0.2) is 0 Å². The van der Waals surface area contributed by atoms with E-state index < -0.39 is 6.10 Å². The quantitative estimate of drug-likeness (QED) is 0.766. The summed E-state index contributed by atoms with van der Waals surface area (Å²) in [5.41, 5.74) is 0.759. The van der Waals surface area contributed by atoms with Crippen LogP contribution in [0.4, 0.5) is 0 Å². The fourth-order valence-corrected chi connectivity index (χ4v) is 2.12. The smallest absolute Gasteiger partial charge is 0.144 e. The molecule has 1 aromatic rings. The Morgan fingerprint density at radius 1 is 1.58 bits per heavy atom. The van der Waals surface area contributed by atoms with Crippen LogP contribution in [0.3, 0.4) is 0 Å². The summed E-state index contributed by atoms with van der Waals surface area (Å²) in [6, 6.07) is 3.57. The summed E-state index contributed by atoms with van der Waals surface area (Å²) in [7, 11) is 0. The van der Waals surface area contributed by atoms with E-state index in [9.17, 15) is 5.11 Å². The molecule has 1 unspecified atom stereocenters. The van der Waals surface area contributed by atoms with Crippen molar-refractivity contribution in [1.82, 2.24) is 0 Å². The van der Waals surface area contributed by atoms with Crippen molar-refractivity contribution in [2.45, 2.75) is 6.10 Å². The van der Waals surface area contributed by atoms with Crippen LogP contribution in [0.15, 0.2) is 16.6 Å². The maximum atomic E-state index is 9.43. The van der Waals surface area contributed by atoms with E-state index in [1.807, 2.05) is 6.07 Å². The van der Waals surface area contributed by atoms with Crippen molar-refractivity contribution in [2.24, 2.45) is 0 Å². The molecule has 64 valence electrons. The minimum Gasteiger partial charge on any atom is -0.489 e. The molecule has 0 saturated heterocycles. The Hall–Kier alpha value is -0.250. The number of rotatable bonds is 0. The van der Waals surface area contributed by atoms with Crippen LogP contribution < -0.4 is 4.74 Å². The number of aliphatic hydroxyl groups excluding tert-OH is 1. The van der Waals surface area contributed by atoms with Crippen LogP contribution in [0, 0.1) is 0 Å². The molecule has 0 aliphatic carbocycles. The van der Waals surface area contributed by atoms with E-state index in [-0.39, 0.29) is 0 Å². The van der Waals surface area contributed by atoms with Gasteiger partial charge in [0.1, 0.15) is 18.5 Å². The number of benzene rings is 1. The van der Waals surface area contributed by atoms with Gasteiger partial charge in [0.2, 0.25) is 0 Å². The van der Waals surface area contributed by atoms with Crippen molar-refractivity contribution in [3.63, 3.8) is 0 Å². The highest BCUT2D eigenvalue weighted by atomic mass is 79.9. The predicted molar refractivity (Wildman–Crippen MR) is 49.6 cm³/mol. The molecule has 2 rings (SSSR count). The summed E-state index contributed by atoms with van der Waals surface area (Å²) in [4.78, 5) is 0. The van der Waals surface area contributed by atoms with E-state index in [2.05, 4.69) is 15.9 Å². The van der Waals surface area contributed by atoms with Gasteiger partial charge in [0, 0.05) is 10.0 Å². The zero-order chi connectivity index (χ0) is 8.72. The molecule has 0 aromatic heterocycles. The van der Waals surface area contributed by atoms with Gasteiger partial charge in [-0.05, 0) is 12.1 Å². The lowest BCUT2D eigenvalue weighted by molar-refractivity contribution is 0.140. The summed E-state index contributed by atoms with van der Waals surface area (Å²) >= 11 is 9.17. The fraction of sp³-hybridized carbons (Fsp3) is 0.250. The van der Waals surface area contributed by atoms with E-state index in [1.165, 1.54) is 0 Å². The highest BCUT2D eigenvalue weighted by Gasteiger charge is 2.24. The van der Waals surface area contributed by atoms with Crippen LogP contribution in [0.5, 0.6) is 5.75 Å². The largest absolute Gasteiger partial charge is 0.489 e. The fourth-order valence-electron chi connectivity index (χ4n) is 1.23. The summed E-state index contributed by atoms with van der Waals surface area (Å²) in [6.45, 7) is 0.297. The van der Waals surface area contributed by atoms with Crippen LogP contribution in [-0.2, 0) is 0 Å². The first-order valence-corrected chi connectivity index (χ1v) is 4.65. The van der Waals surface area contributed by atoms with Gasteiger partial charge in [-0.2, -0.15) is 0 Å². The van der Waals surface area contributed by atoms with E-state index in [1.54, 1.807) is 6.07 Å². The normalized spacial score (nSPS) is 20.4. The molecule has 1 atom stereocenters. The van der Waals surface area contributed by atoms with Gasteiger partial charge in [-0.15, -0.1) is 0 Å². The van der Waals surface area contributed by atoms with E-state index in [4.69, 9.17) is 16.3 Å². The molecule has 12 heavy (non-hydrogen) atoms. The van der Waals surface area contributed by atoms with Gasteiger partial charge in [0.15, 0.2) is 0 Å². The number of aliphatic hydroxyl groups is 1. The van der Waals surface area contributed by atoms with Crippen molar-refractivity contribution >= 4 is 27.5 Å². The van der Waals surface area contributed by atoms with Crippen molar-refractivity contribution < 1.29 is 9.84 Å². The van der Waals surface area contributed by atoms with E-state index in [0.717, 1.165) is 10.0 Å². The van der Waals surface area contributed by atoms with Crippen LogP contribution in [0.2, 0.25) is 5.02 Å². The number of ether oxygens (including phenoxy) is 1. The van der Waals surface area contributed by atoms with E-state index >= 15 is 0 Å². The Labute approximate surface area is 83.2 Å². The first-order valence-electron chi connectivity index (χ1n) is 3.48. The van der Waals surface area contributed by atoms with Crippen molar-refractivity contribution in [2.75, 3.05) is 6.61 Å². The first-order chi connectivity index (χ1) is 5.68. The molecule has 0 bridgehead atoms. The monoisotopic (exact) mass is 248 g/mol. The molecule has 1 heterocycles. The van der Waals surface area contributed by atoms with Crippen molar-refractivity contribution in [3.05, 3.63) is 27.2 Å². The molecule has 1 aliphatic heterocycles. The zero-order valence-electron chi connectivity index (χ0n) is 6.05. The Kier molecular flexibility index (Phi) is 2.02. The Balaban J connectivity index is 2.60. The van der Waals surface area contributed by atoms with Crippen LogP contribution in [-0.4, -0.2) is 11.7 Å². The average Bonchev–Trinajstić information content (AvgIpc) is 2.33. The van der Waals surface area contributed by atoms with Crippen molar-refractivity contribution in [3.8, 4) is 5.75 Å². The van der Waals surface area contributed by atoms with Gasteiger partial charge < -0.3 is 9.84 Å². The molecule has 0 amide bonds. The molecule has 0 radical (unpaired) electrons. The number of hydrogen-bond donors (Lipinski definition) is 1. The van der Waals surface area contributed by atoms with Gasteiger partial charge in [-0.1, -0.05) is 27.5 Å². The van der Waals surface area contributed by atoms with Crippen LogP contribution in [0.1, 0.15) is 11.7 Å². The minimum absolute atomic E-state index is 0.297. The van der Waals surface area contributed by atoms with E-state index in [0.29, 0.717) is 17.4 Å². The Bertz CT molecular complexity index is 327. The second-order valence-electron chi connectivity index (χ2n) is 2.63. The molecule has 1 aromatic carbocycles. The summed E-state index contributed by atoms with van der Waals surface area (Å²) < 4.78 is 6.05. The maximum Gasteiger partial charge on any atom is 0.144 e. The topological polar surface area (TPSA) is 29.5 Å². The average molecular weight is 249 g/mol. The van der Waals surface area contributed by atoms with Gasteiger partial charge in [0.25, 0.3) is 0 Å². The van der Waals surface area contributed by atoms with Gasteiger partial charge >= 0.3 is 0 Å². The standard InChI is InChI=1S/C8H6BrClO2/c9-4-1-5-7(11)3-12-8(5)6(10)2-4/h1-2,7,11H,3H2. The zero-order valence-corrected chi connectivity index (χ0v) is 8.39. The van der Waals surface area contributed by atoms with Crippen molar-refractivity contribution in [1.29, 1.82) is 0 Å². The van der Waals surface area contributed by atoms with Gasteiger partial charge in [0.05, 0.1) is 5.02 Å². The van der Waals surface area contributed by atoms with Crippen LogP contribution in [0.25, 0.3) is 0 Å². The first kappa shape index (κ1) is 8.35. The highest BCUT2D eigenvalue weighted by Crippen LogP contribution is 2.40. The third kappa shape index (κ3) is 1.22. The molecule has 0 fully saturated rings. The Morgan fingerprint density at radius 2 is 2.33 bits per heavy atom. The lowest BCUT2D eigenvalue weighted by Crippen LogP contribution is -1.97. The minimum atomic E-state index is -0.546. The third-order valence-electron chi connectivity index (χ3n) is 1.78. The molecule has 1 aliphatic rings. The molecular weight excluding hydrogens is 243 g/mol. The SMILES string of the molecule is OC1COc2c(Cl)cc(Br)cc21. The third-order valence-corrected chi connectivity index (χ3v) is 2.52. The second-order valence-corrected chi connectivity index (χ2v) is 3.96. The Morgan fingerprint density at radius 3 is 3.08 bits per heavy atom. The molecule has 2 nitrogen and oxygen atoms in total. The summed E-state index contributed by atoms with van der Waals surface area (Å²) in [6.07, 6.45) is -0.546.